The van der Waals surface area contributed by atoms with Crippen molar-refractivity contribution in [3.8, 4) is 0 Å². The van der Waals surface area contributed by atoms with Gasteiger partial charge >= 0.3 is 5.97 Å². The molecule has 1 aliphatic heterocycles. The van der Waals surface area contributed by atoms with E-state index in [0.29, 0.717) is 5.92 Å². The van der Waals surface area contributed by atoms with Crippen LogP contribution in [-0.4, -0.2) is 45.2 Å². The molecule has 6 heteroatoms. The summed E-state index contributed by atoms with van der Waals surface area (Å²) in [5.74, 6) is -0.584. The Kier molecular flexibility index (Phi) is 4.09. The Labute approximate surface area is 111 Å². The summed E-state index contributed by atoms with van der Waals surface area (Å²) in [4.78, 5) is 23.9. The van der Waals surface area contributed by atoms with Gasteiger partial charge in [-0.15, -0.1) is 5.10 Å². The van der Waals surface area contributed by atoms with Crippen LogP contribution in [0.15, 0.2) is 12.1 Å². The third kappa shape index (κ3) is 3.49. The van der Waals surface area contributed by atoms with Gasteiger partial charge in [-0.1, -0.05) is 0 Å². The first-order valence-electron chi connectivity index (χ1n) is 6.37. The summed E-state index contributed by atoms with van der Waals surface area (Å²) >= 11 is 0. The van der Waals surface area contributed by atoms with Crippen molar-refractivity contribution in [1.82, 2.24) is 15.1 Å². The summed E-state index contributed by atoms with van der Waals surface area (Å²) in [6.45, 7) is 3.16. The lowest BCUT2D eigenvalue weighted by Gasteiger charge is -2.31. The number of rotatable bonds is 3. The zero-order valence-electron chi connectivity index (χ0n) is 10.9. The SMILES string of the molecule is CC(=O)N1CCC[C@@H](Cc2ccc(C(=O)O)nn2)C1. The van der Waals surface area contributed by atoms with Gasteiger partial charge in [0.1, 0.15) is 0 Å². The fraction of sp³-hybridized carbons (Fsp3) is 0.538. The number of carboxylic acids is 1. The molecule has 1 saturated heterocycles. The van der Waals surface area contributed by atoms with Gasteiger partial charge < -0.3 is 10.0 Å². The number of aromatic carboxylic acids is 1. The Morgan fingerprint density at radius 3 is 2.79 bits per heavy atom. The summed E-state index contributed by atoms with van der Waals surface area (Å²) in [5, 5.41) is 16.3. The van der Waals surface area contributed by atoms with Gasteiger partial charge in [0.2, 0.25) is 5.91 Å². The highest BCUT2D eigenvalue weighted by Gasteiger charge is 2.22. The number of nitrogens with zero attached hydrogens (tertiary/aromatic N) is 3. The van der Waals surface area contributed by atoms with Crippen LogP contribution >= 0.6 is 0 Å². The highest BCUT2D eigenvalue weighted by Crippen LogP contribution is 2.20. The van der Waals surface area contributed by atoms with Crippen molar-refractivity contribution < 1.29 is 14.7 Å². The standard InChI is InChI=1S/C13H17N3O3/c1-9(17)16-6-2-3-10(8-16)7-11-4-5-12(13(18)19)15-14-11/h4-5,10H,2-3,6-8H2,1H3,(H,18,19)/t10-/m0/s1. The minimum Gasteiger partial charge on any atom is -0.476 e. The lowest BCUT2D eigenvalue weighted by Crippen LogP contribution is -2.39. The van der Waals surface area contributed by atoms with Gasteiger partial charge in [-0.2, -0.15) is 5.10 Å². The van der Waals surface area contributed by atoms with Crippen LogP contribution in [0.2, 0.25) is 0 Å². The van der Waals surface area contributed by atoms with Crippen LogP contribution in [0.1, 0.15) is 35.9 Å². The maximum absolute atomic E-state index is 11.3. The first-order valence-corrected chi connectivity index (χ1v) is 6.37. The maximum Gasteiger partial charge on any atom is 0.356 e. The van der Waals surface area contributed by atoms with E-state index in [1.54, 1.807) is 13.0 Å². The maximum atomic E-state index is 11.3. The van der Waals surface area contributed by atoms with E-state index in [1.807, 2.05) is 4.90 Å². The third-order valence-electron chi connectivity index (χ3n) is 3.40. The first kappa shape index (κ1) is 13.5. The van der Waals surface area contributed by atoms with Crippen LogP contribution in [0.4, 0.5) is 0 Å². The number of amides is 1. The molecule has 2 rings (SSSR count). The number of piperidine rings is 1. The fourth-order valence-electron chi connectivity index (χ4n) is 2.40. The smallest absolute Gasteiger partial charge is 0.356 e. The normalized spacial score (nSPS) is 19.2. The molecule has 0 bridgehead atoms. The molecule has 1 aliphatic rings. The predicted octanol–water partition coefficient (Wildman–Crippen LogP) is 0.976. The van der Waals surface area contributed by atoms with Crippen molar-refractivity contribution in [1.29, 1.82) is 0 Å². The second-order valence-corrected chi connectivity index (χ2v) is 4.89. The highest BCUT2D eigenvalue weighted by atomic mass is 16.4. The van der Waals surface area contributed by atoms with Gasteiger partial charge in [0.05, 0.1) is 5.69 Å². The topological polar surface area (TPSA) is 83.4 Å². The van der Waals surface area contributed by atoms with Crippen LogP contribution in [-0.2, 0) is 11.2 Å². The van der Waals surface area contributed by atoms with Crippen LogP contribution in [0.3, 0.4) is 0 Å². The lowest BCUT2D eigenvalue weighted by atomic mass is 9.93. The second kappa shape index (κ2) is 5.77. The average Bonchev–Trinajstić information content (AvgIpc) is 2.39. The molecule has 102 valence electrons. The summed E-state index contributed by atoms with van der Waals surface area (Å²) in [5.41, 5.74) is 0.734. The molecule has 1 aromatic heterocycles. The van der Waals surface area contributed by atoms with E-state index in [0.717, 1.165) is 38.0 Å². The highest BCUT2D eigenvalue weighted by molar-refractivity contribution is 5.84. The number of hydrogen-bond acceptors (Lipinski definition) is 4. The van der Waals surface area contributed by atoms with E-state index in [1.165, 1.54) is 6.07 Å². The minimum absolute atomic E-state index is 0.0437. The van der Waals surface area contributed by atoms with E-state index >= 15 is 0 Å². The summed E-state index contributed by atoms with van der Waals surface area (Å²) in [6, 6.07) is 3.17. The second-order valence-electron chi connectivity index (χ2n) is 4.89. The Morgan fingerprint density at radius 2 is 2.21 bits per heavy atom. The van der Waals surface area contributed by atoms with Crippen molar-refractivity contribution in [2.45, 2.75) is 26.2 Å². The van der Waals surface area contributed by atoms with E-state index in [9.17, 15) is 9.59 Å². The molecule has 2 heterocycles. The molecule has 0 unspecified atom stereocenters. The van der Waals surface area contributed by atoms with Crippen molar-refractivity contribution in [3.63, 3.8) is 0 Å². The van der Waals surface area contributed by atoms with Crippen molar-refractivity contribution in [2.75, 3.05) is 13.1 Å². The van der Waals surface area contributed by atoms with Gasteiger partial charge in [-0.25, -0.2) is 4.79 Å². The van der Waals surface area contributed by atoms with E-state index < -0.39 is 5.97 Å². The molecule has 1 amide bonds. The van der Waals surface area contributed by atoms with Gasteiger partial charge in [0, 0.05) is 20.0 Å². The molecule has 0 aliphatic carbocycles. The summed E-state index contributed by atoms with van der Waals surface area (Å²) in [7, 11) is 0. The van der Waals surface area contributed by atoms with Crippen LogP contribution in [0.25, 0.3) is 0 Å². The fourth-order valence-corrected chi connectivity index (χ4v) is 2.40. The Bertz CT molecular complexity index is 473. The van der Waals surface area contributed by atoms with E-state index in [4.69, 9.17) is 5.11 Å². The molecule has 1 N–H and O–H groups in total. The van der Waals surface area contributed by atoms with Crippen molar-refractivity contribution in [2.24, 2.45) is 5.92 Å². The largest absolute Gasteiger partial charge is 0.476 e. The van der Waals surface area contributed by atoms with Crippen molar-refractivity contribution >= 4 is 11.9 Å². The van der Waals surface area contributed by atoms with Crippen LogP contribution in [0, 0.1) is 5.92 Å². The molecule has 0 radical (unpaired) electrons. The molecule has 0 spiro atoms. The molecule has 1 atom stereocenters. The van der Waals surface area contributed by atoms with Gasteiger partial charge in [0.15, 0.2) is 5.69 Å². The number of carbonyl (C=O) groups excluding carboxylic acids is 1. The zero-order chi connectivity index (χ0) is 13.8. The average molecular weight is 263 g/mol. The lowest BCUT2D eigenvalue weighted by molar-refractivity contribution is -0.130. The summed E-state index contributed by atoms with van der Waals surface area (Å²) in [6.07, 6.45) is 2.80. The number of likely N-dealkylation sites (tertiary alicyclic amines) is 1. The third-order valence-corrected chi connectivity index (χ3v) is 3.40. The molecular weight excluding hydrogens is 246 g/mol. The predicted molar refractivity (Wildman–Crippen MR) is 67.7 cm³/mol. The molecule has 19 heavy (non-hydrogen) atoms. The minimum atomic E-state index is -1.07. The number of carbonyl (C=O) groups is 2. The van der Waals surface area contributed by atoms with E-state index in [-0.39, 0.29) is 11.6 Å². The number of hydrogen-bond donors (Lipinski definition) is 1. The van der Waals surface area contributed by atoms with E-state index in [2.05, 4.69) is 10.2 Å². The van der Waals surface area contributed by atoms with Crippen molar-refractivity contribution in [3.05, 3.63) is 23.5 Å². The van der Waals surface area contributed by atoms with Gasteiger partial charge in [-0.3, -0.25) is 4.79 Å². The molecule has 1 fully saturated rings. The van der Waals surface area contributed by atoms with Gasteiger partial charge in [0.25, 0.3) is 0 Å². The number of carboxylic acid groups (broad SMARTS) is 1. The Hall–Kier alpha value is -1.98. The Morgan fingerprint density at radius 1 is 1.42 bits per heavy atom. The number of aromatic nitrogens is 2. The molecular formula is C13H17N3O3. The molecule has 0 aromatic carbocycles. The zero-order valence-corrected chi connectivity index (χ0v) is 10.9. The molecule has 1 aromatic rings. The van der Waals surface area contributed by atoms with Crippen LogP contribution < -0.4 is 0 Å². The molecule has 6 nitrogen and oxygen atoms in total. The van der Waals surface area contributed by atoms with Crippen LogP contribution in [0.5, 0.6) is 0 Å². The van der Waals surface area contributed by atoms with Gasteiger partial charge in [-0.05, 0) is 37.3 Å². The first-order chi connectivity index (χ1) is 9.06. The monoisotopic (exact) mass is 263 g/mol. The molecule has 0 saturated carbocycles. The Balaban J connectivity index is 1.96. The quantitative estimate of drug-likeness (QED) is 0.878. The summed E-state index contributed by atoms with van der Waals surface area (Å²) < 4.78 is 0.